The number of allylic oxidation sites excluding steroid dienone is 1. The third-order valence-corrected chi connectivity index (χ3v) is 8.40. The van der Waals surface area contributed by atoms with Gasteiger partial charge in [-0.05, 0) is 68.1 Å². The molecule has 0 saturated carbocycles. The molecule has 0 radical (unpaired) electrons. The van der Waals surface area contributed by atoms with Gasteiger partial charge < -0.3 is 26.0 Å². The van der Waals surface area contributed by atoms with E-state index in [0.717, 1.165) is 24.9 Å². The molecule has 0 unspecified atom stereocenters. The Bertz CT molecular complexity index is 1330. The highest BCUT2D eigenvalue weighted by atomic mass is 16.3. The fourth-order valence-electron chi connectivity index (χ4n) is 6.62. The summed E-state index contributed by atoms with van der Waals surface area (Å²) in [7, 11) is 6.82. The Labute approximate surface area is 226 Å². The van der Waals surface area contributed by atoms with E-state index < -0.39 is 58.0 Å². The third kappa shape index (κ3) is 4.15. The minimum Gasteiger partial charge on any atom is -0.508 e. The van der Waals surface area contributed by atoms with Crippen molar-refractivity contribution in [1.82, 2.24) is 4.90 Å². The van der Waals surface area contributed by atoms with E-state index in [9.17, 15) is 34.6 Å². The number of primary amides is 1. The number of nitrogens with two attached hydrogens (primary N) is 1. The van der Waals surface area contributed by atoms with Crippen molar-refractivity contribution in [3.8, 4) is 5.75 Å². The number of rotatable bonds is 8. The molecule has 3 aliphatic rings. The molecule has 3 aliphatic carbocycles. The summed E-state index contributed by atoms with van der Waals surface area (Å²) in [6, 6.07) is 0.760. The van der Waals surface area contributed by atoms with Crippen LogP contribution in [0.5, 0.6) is 5.75 Å². The highest BCUT2D eigenvalue weighted by molar-refractivity contribution is 6.22. The average molecular weight is 541 g/mol. The Morgan fingerprint density at radius 1 is 1.18 bits per heavy atom. The maximum Gasteiger partial charge on any atom is 0.255 e. The van der Waals surface area contributed by atoms with Crippen molar-refractivity contribution in [2.24, 2.45) is 22.7 Å². The van der Waals surface area contributed by atoms with Gasteiger partial charge in [0.25, 0.3) is 5.91 Å². The van der Waals surface area contributed by atoms with Crippen LogP contribution in [0.2, 0.25) is 0 Å². The van der Waals surface area contributed by atoms with E-state index in [1.165, 1.54) is 4.90 Å². The van der Waals surface area contributed by atoms with Gasteiger partial charge in [0, 0.05) is 31.3 Å². The van der Waals surface area contributed by atoms with E-state index >= 15 is 0 Å². The van der Waals surface area contributed by atoms with Crippen LogP contribution in [0.15, 0.2) is 33.8 Å². The highest BCUT2D eigenvalue weighted by Crippen LogP contribution is 2.55. The molecule has 0 bridgehead atoms. The number of carbonyl (C=O) groups is 3. The lowest BCUT2D eigenvalue weighted by Gasteiger charge is -2.50. The summed E-state index contributed by atoms with van der Waals surface area (Å²) in [4.78, 5) is 55.3. The zero-order chi connectivity index (χ0) is 29.0. The number of Topliss-reactive ketones (excluding diaryl/α,β-unsaturated/α-hetero) is 2. The van der Waals surface area contributed by atoms with Crippen LogP contribution < -0.4 is 10.6 Å². The standard InChI is InChI=1S/C28H36N4O7/c1-6-7-8-9-13-12-17(31(2)3)15-10-14-11-16-21(32(4)5)24(35)20(27(29)37)26(36)28(16,38)25(30-39)18(14)23(34)19(15)22(13)33/h12,14,16,21,33,36,38H,6-11H2,1-5H3,(H2,29,37)/t14-,16-,21-,28-/m0/s1. The molecule has 0 heterocycles. The topological polar surface area (TPSA) is 174 Å². The number of anilines is 1. The molecule has 210 valence electrons. The number of phenolic OH excluding ortho intramolecular Hbond substituents is 1. The van der Waals surface area contributed by atoms with Crippen LogP contribution in [-0.4, -0.2) is 77.5 Å². The minimum atomic E-state index is -2.59. The summed E-state index contributed by atoms with van der Waals surface area (Å²) in [5.74, 6) is -5.70. The molecule has 11 nitrogen and oxygen atoms in total. The lowest BCUT2D eigenvalue weighted by atomic mass is 9.58. The second kappa shape index (κ2) is 10.2. The van der Waals surface area contributed by atoms with Gasteiger partial charge >= 0.3 is 0 Å². The first kappa shape index (κ1) is 28.4. The summed E-state index contributed by atoms with van der Waals surface area (Å²) in [5, 5.41) is 37.3. The summed E-state index contributed by atoms with van der Waals surface area (Å²) in [6.45, 7) is 2.07. The molecule has 11 heteroatoms. The van der Waals surface area contributed by atoms with Crippen LogP contribution in [0, 0.1) is 16.7 Å². The number of likely N-dealkylation sites (N-methyl/N-ethyl adjacent to an activating group) is 1. The van der Waals surface area contributed by atoms with Crippen LogP contribution >= 0.6 is 0 Å². The van der Waals surface area contributed by atoms with Crippen LogP contribution in [0.3, 0.4) is 0 Å². The number of ketones is 2. The molecule has 1 aromatic rings. The molecule has 4 atom stereocenters. The predicted octanol–water partition coefficient (Wildman–Crippen LogP) is 2.13. The van der Waals surface area contributed by atoms with Gasteiger partial charge in [-0.1, -0.05) is 19.8 Å². The summed E-state index contributed by atoms with van der Waals surface area (Å²) >= 11 is 0. The molecule has 4 rings (SSSR count). The summed E-state index contributed by atoms with van der Waals surface area (Å²) < 4.78 is 0. The Balaban J connectivity index is 2.00. The molecule has 0 saturated heterocycles. The smallest absolute Gasteiger partial charge is 0.255 e. The number of aliphatic hydroxyl groups is 2. The number of nitrogens with zero attached hydrogens (tertiary/aromatic N) is 3. The fourth-order valence-corrected chi connectivity index (χ4v) is 6.62. The number of hydrogen-bond donors (Lipinski definition) is 4. The maximum atomic E-state index is 14.1. The molecule has 0 spiro atoms. The quantitative estimate of drug-likeness (QED) is 0.219. The number of aromatic hydroxyl groups is 1. The van der Waals surface area contributed by atoms with Crippen molar-refractivity contribution in [3.05, 3.63) is 50.3 Å². The van der Waals surface area contributed by atoms with Crippen LogP contribution in [-0.2, 0) is 22.4 Å². The number of nitroso groups, excluding NO2 is 1. The Hall–Kier alpha value is -3.57. The molecular weight excluding hydrogens is 504 g/mol. The van der Waals surface area contributed by atoms with Gasteiger partial charge in [-0.25, -0.2) is 0 Å². The molecule has 0 aromatic heterocycles. The summed E-state index contributed by atoms with van der Waals surface area (Å²) in [6.07, 6.45) is 3.56. The van der Waals surface area contributed by atoms with Crippen LogP contribution in [0.1, 0.15) is 54.1 Å². The first-order valence-electron chi connectivity index (χ1n) is 13.2. The molecule has 1 amide bonds. The number of fused-ring (bicyclic) bond motifs is 3. The van der Waals surface area contributed by atoms with Crippen molar-refractivity contribution in [3.63, 3.8) is 0 Å². The first-order chi connectivity index (χ1) is 18.3. The first-order valence-corrected chi connectivity index (χ1v) is 13.2. The SMILES string of the molecule is CCCCCc1cc(N(C)C)c2c(c1O)C(=O)C1=C(N=O)[C@]3(O)C(O)=C(C(N)=O)C(=O)[C@@H](N(C)C)[C@@H]3C[C@@H]1C2. The monoisotopic (exact) mass is 540 g/mol. The third-order valence-electron chi connectivity index (χ3n) is 8.40. The molecule has 0 aliphatic heterocycles. The molecule has 39 heavy (non-hydrogen) atoms. The second-order valence-electron chi connectivity index (χ2n) is 11.2. The lowest BCUT2D eigenvalue weighted by molar-refractivity contribution is -0.134. The number of aliphatic hydroxyl groups excluding tert-OH is 1. The van der Waals surface area contributed by atoms with Crippen molar-refractivity contribution in [2.45, 2.75) is 57.1 Å². The molecule has 5 N–H and O–H groups in total. The largest absolute Gasteiger partial charge is 0.508 e. The van der Waals surface area contributed by atoms with Gasteiger partial charge in [0.1, 0.15) is 22.8 Å². The minimum absolute atomic E-state index is 0.0343. The van der Waals surface area contributed by atoms with Crippen LogP contribution in [0.25, 0.3) is 0 Å². The van der Waals surface area contributed by atoms with Crippen LogP contribution in [0.4, 0.5) is 5.69 Å². The maximum absolute atomic E-state index is 14.1. The van der Waals surface area contributed by atoms with Gasteiger partial charge in [0.05, 0.1) is 11.6 Å². The normalized spacial score (nSPS) is 26.4. The highest BCUT2D eigenvalue weighted by Gasteiger charge is 2.62. The fraction of sp³-hybridized carbons (Fsp3) is 0.536. The van der Waals surface area contributed by atoms with Gasteiger partial charge in [0.15, 0.2) is 17.2 Å². The number of carbonyl (C=O) groups excluding carboxylic acids is 3. The van der Waals surface area contributed by atoms with E-state index in [4.69, 9.17) is 5.73 Å². The number of benzene rings is 1. The van der Waals surface area contributed by atoms with Crippen molar-refractivity contribution < 1.29 is 29.7 Å². The van der Waals surface area contributed by atoms with E-state index in [2.05, 4.69) is 12.1 Å². The zero-order valence-electron chi connectivity index (χ0n) is 22.9. The van der Waals surface area contributed by atoms with E-state index in [1.54, 1.807) is 14.1 Å². The van der Waals surface area contributed by atoms with Crippen molar-refractivity contribution in [2.75, 3.05) is 33.1 Å². The van der Waals surface area contributed by atoms with Crippen molar-refractivity contribution in [1.29, 1.82) is 0 Å². The van der Waals surface area contributed by atoms with Gasteiger partial charge in [0.2, 0.25) is 0 Å². The number of aryl methyl sites for hydroxylation is 1. The molecular formula is C28H36N4O7. The van der Waals surface area contributed by atoms with Gasteiger partial charge in [-0.3, -0.25) is 19.3 Å². The zero-order valence-corrected chi connectivity index (χ0v) is 22.9. The Kier molecular flexibility index (Phi) is 7.44. The predicted molar refractivity (Wildman–Crippen MR) is 144 cm³/mol. The molecule has 1 aromatic carbocycles. The van der Waals surface area contributed by atoms with E-state index in [1.807, 2.05) is 25.1 Å². The summed E-state index contributed by atoms with van der Waals surface area (Å²) in [5.41, 5.74) is 3.18. The Morgan fingerprint density at radius 2 is 1.85 bits per heavy atom. The van der Waals surface area contributed by atoms with E-state index in [-0.39, 0.29) is 29.7 Å². The van der Waals surface area contributed by atoms with Crippen molar-refractivity contribution >= 4 is 23.2 Å². The molecule has 0 fully saturated rings. The lowest BCUT2D eigenvalue weighted by Crippen LogP contribution is -2.62. The van der Waals surface area contributed by atoms with E-state index in [0.29, 0.717) is 17.5 Å². The number of phenols is 1. The number of unbranched alkanes of at least 4 members (excludes halogenated alkanes) is 2. The Morgan fingerprint density at radius 3 is 2.38 bits per heavy atom. The number of hydrogen-bond acceptors (Lipinski definition) is 10. The second-order valence-corrected chi connectivity index (χ2v) is 11.2. The average Bonchev–Trinajstić information content (AvgIpc) is 2.85. The van der Waals surface area contributed by atoms with Gasteiger partial charge in [-0.2, -0.15) is 0 Å². The van der Waals surface area contributed by atoms with Gasteiger partial charge in [-0.15, -0.1) is 4.91 Å². The number of amides is 1.